The fraction of sp³-hybridized carbons (Fsp3) is 0.950. The van der Waals surface area contributed by atoms with Crippen LogP contribution in [0, 0.1) is 0 Å². The summed E-state index contributed by atoms with van der Waals surface area (Å²) in [5.74, 6) is 0. The highest BCUT2D eigenvalue weighted by Crippen LogP contribution is 2.16. The van der Waals surface area contributed by atoms with Gasteiger partial charge in [0.15, 0.2) is 0 Å². The van der Waals surface area contributed by atoms with E-state index in [4.69, 9.17) is 0 Å². The molecule has 0 heterocycles. The zero-order valence-corrected chi connectivity index (χ0v) is 30.4. The lowest BCUT2D eigenvalue weighted by Crippen LogP contribution is -2.53. The van der Waals surface area contributed by atoms with E-state index >= 15 is 0 Å². The third kappa shape index (κ3) is 31.4. The van der Waals surface area contributed by atoms with Gasteiger partial charge in [-0.15, -0.1) is 0 Å². The highest BCUT2D eigenvalue weighted by molar-refractivity contribution is 4.82. The second-order valence-electron chi connectivity index (χ2n) is 13.8. The summed E-state index contributed by atoms with van der Waals surface area (Å²) in [7, 11) is 0. The van der Waals surface area contributed by atoms with E-state index in [0.717, 1.165) is 39.0 Å². The molecule has 0 saturated carbocycles. The Hall–Kier alpha value is -0.380. The minimum absolute atomic E-state index is 0.754. The third-order valence-electron chi connectivity index (χ3n) is 9.37. The molecule has 0 amide bonds. The van der Waals surface area contributed by atoms with Crippen LogP contribution in [0.4, 0.5) is 0 Å². The predicted molar refractivity (Wildman–Crippen MR) is 195 cm³/mol. The van der Waals surface area contributed by atoms with Crippen LogP contribution < -0.4 is 5.32 Å². The van der Waals surface area contributed by atoms with Crippen molar-refractivity contribution in [3.05, 3.63) is 12.2 Å². The number of hydrogen-bond acceptors (Lipinski definition) is 3. The fourth-order valence-electron chi connectivity index (χ4n) is 6.21. The summed E-state index contributed by atoms with van der Waals surface area (Å²) in [5, 5.41) is 15.1. The van der Waals surface area contributed by atoms with Gasteiger partial charge in [-0.3, -0.25) is 10.2 Å². The number of hydrogen-bond donors (Lipinski definition) is 2. The van der Waals surface area contributed by atoms with Crippen molar-refractivity contribution in [1.29, 1.82) is 0 Å². The molecule has 0 aromatic carbocycles. The molecule has 43 heavy (non-hydrogen) atoms. The van der Waals surface area contributed by atoms with Crippen LogP contribution in [0.5, 0.6) is 0 Å². The molecule has 3 heteroatoms. The first-order valence-electron chi connectivity index (χ1n) is 20.0. The minimum atomic E-state index is -0.754. The number of unbranched alkanes of at least 4 members (excludes halogenated alkanes) is 24. The Morgan fingerprint density at radius 3 is 1.23 bits per heavy atom. The zero-order valence-electron chi connectivity index (χ0n) is 30.4. The first kappa shape index (κ1) is 42.6. The lowest BCUT2D eigenvalue weighted by atomic mass is 10.0. The largest absolute Gasteiger partial charge is 0.375 e. The Morgan fingerprint density at radius 1 is 0.465 bits per heavy atom. The quantitative estimate of drug-likeness (QED) is 0.0423. The van der Waals surface area contributed by atoms with Gasteiger partial charge < -0.3 is 5.11 Å². The Morgan fingerprint density at radius 2 is 0.814 bits per heavy atom. The first-order chi connectivity index (χ1) is 21.1. The van der Waals surface area contributed by atoms with Crippen molar-refractivity contribution < 1.29 is 5.11 Å². The van der Waals surface area contributed by atoms with E-state index in [2.05, 4.69) is 50.1 Å². The van der Waals surface area contributed by atoms with Crippen LogP contribution in [0.15, 0.2) is 12.2 Å². The van der Waals surface area contributed by atoms with Crippen molar-refractivity contribution in [1.82, 2.24) is 10.2 Å². The van der Waals surface area contributed by atoms with Gasteiger partial charge in [-0.25, -0.2) is 0 Å². The molecule has 258 valence electrons. The number of allylic oxidation sites excluding steroid dienone is 2. The lowest BCUT2D eigenvalue weighted by molar-refractivity contribution is -0.0302. The molecule has 0 aliphatic heterocycles. The number of aliphatic hydroxyl groups is 1. The van der Waals surface area contributed by atoms with E-state index in [9.17, 15) is 5.11 Å². The van der Waals surface area contributed by atoms with Crippen LogP contribution in [-0.4, -0.2) is 41.9 Å². The maximum atomic E-state index is 11.5. The smallest absolute Gasteiger partial charge is 0.128 e. The summed E-state index contributed by atoms with van der Waals surface area (Å²) < 4.78 is 0. The topological polar surface area (TPSA) is 35.5 Å². The van der Waals surface area contributed by atoms with Crippen molar-refractivity contribution in [2.45, 2.75) is 220 Å². The highest BCUT2D eigenvalue weighted by atomic mass is 16.3. The molecular weight excluding hydrogens is 524 g/mol. The monoisotopic (exact) mass is 607 g/mol. The summed E-state index contributed by atoms with van der Waals surface area (Å²) in [4.78, 5) is 2.59. The Labute approximate surface area is 272 Å². The summed E-state index contributed by atoms with van der Waals surface area (Å²) in [6, 6.07) is 0. The number of nitrogens with zero attached hydrogens (tertiary/aromatic N) is 1. The molecule has 0 saturated heterocycles. The molecule has 0 radical (unpaired) electrons. The van der Waals surface area contributed by atoms with Crippen molar-refractivity contribution in [2.24, 2.45) is 0 Å². The zero-order chi connectivity index (χ0) is 31.5. The molecule has 0 fully saturated rings. The molecule has 2 N–H and O–H groups in total. The van der Waals surface area contributed by atoms with Gasteiger partial charge in [-0.05, 0) is 71.0 Å². The molecule has 1 unspecified atom stereocenters. The van der Waals surface area contributed by atoms with Crippen LogP contribution >= 0.6 is 0 Å². The normalized spacial score (nSPS) is 13.4. The molecule has 0 bridgehead atoms. The number of rotatable bonds is 36. The maximum absolute atomic E-state index is 11.5. The van der Waals surface area contributed by atoms with Crippen molar-refractivity contribution >= 4 is 0 Å². The van der Waals surface area contributed by atoms with Gasteiger partial charge in [0.1, 0.15) is 5.72 Å². The second-order valence-corrected chi connectivity index (χ2v) is 13.8. The average molecular weight is 607 g/mol. The van der Waals surface area contributed by atoms with Crippen LogP contribution in [-0.2, 0) is 0 Å². The molecular formula is C40H82N2O. The van der Waals surface area contributed by atoms with E-state index in [0.29, 0.717) is 0 Å². The molecule has 0 aromatic rings. The Balaban J connectivity index is 4.37. The van der Waals surface area contributed by atoms with E-state index in [-0.39, 0.29) is 0 Å². The van der Waals surface area contributed by atoms with Crippen LogP contribution in [0.2, 0.25) is 0 Å². The van der Waals surface area contributed by atoms with Gasteiger partial charge in [0.05, 0.1) is 0 Å². The van der Waals surface area contributed by atoms with Gasteiger partial charge in [-0.2, -0.15) is 0 Å². The summed E-state index contributed by atoms with van der Waals surface area (Å²) in [6.07, 6.45) is 43.3. The molecule has 1 atom stereocenters. The fourth-order valence-corrected chi connectivity index (χ4v) is 6.21. The molecule has 0 aromatic heterocycles. The summed E-state index contributed by atoms with van der Waals surface area (Å²) in [5.41, 5.74) is -0.754. The summed E-state index contributed by atoms with van der Waals surface area (Å²) in [6.45, 7) is 13.0. The SMILES string of the molecule is CCCCCC=CCCCCCNC(O)(CC)CN(CCCCCCCCCCCC)CCCCCCCCCCCC. The van der Waals surface area contributed by atoms with Crippen molar-refractivity contribution in [2.75, 3.05) is 26.2 Å². The number of nitrogens with one attached hydrogen (secondary N) is 1. The molecule has 0 rings (SSSR count). The van der Waals surface area contributed by atoms with Gasteiger partial charge in [-0.1, -0.05) is 175 Å². The van der Waals surface area contributed by atoms with Crippen LogP contribution in [0.25, 0.3) is 0 Å². The first-order valence-corrected chi connectivity index (χ1v) is 20.0. The van der Waals surface area contributed by atoms with Gasteiger partial charge >= 0.3 is 0 Å². The van der Waals surface area contributed by atoms with E-state index < -0.39 is 5.72 Å². The van der Waals surface area contributed by atoms with Crippen molar-refractivity contribution in [3.63, 3.8) is 0 Å². The Bertz CT molecular complexity index is 527. The van der Waals surface area contributed by atoms with Crippen LogP contribution in [0.1, 0.15) is 214 Å². The average Bonchev–Trinajstić information content (AvgIpc) is 3.01. The molecule has 0 spiro atoms. The van der Waals surface area contributed by atoms with Gasteiger partial charge in [0.2, 0.25) is 0 Å². The van der Waals surface area contributed by atoms with E-state index in [1.54, 1.807) is 0 Å². The molecule has 0 aliphatic carbocycles. The second kappa shape index (κ2) is 34.5. The summed E-state index contributed by atoms with van der Waals surface area (Å²) >= 11 is 0. The van der Waals surface area contributed by atoms with E-state index in [1.165, 1.54) is 173 Å². The highest BCUT2D eigenvalue weighted by Gasteiger charge is 2.26. The lowest BCUT2D eigenvalue weighted by Gasteiger charge is -2.35. The standard InChI is InChI=1S/C40H82N2O/c1-5-9-12-15-18-21-24-27-30-33-36-41-40(43,8-4)39-42(37-34-31-28-25-22-19-16-13-10-6-2)38-35-32-29-26-23-20-17-14-11-7-3/h18,21,41,43H,5-17,19-20,22-39H2,1-4H3. The van der Waals surface area contributed by atoms with E-state index in [1.807, 2.05) is 0 Å². The van der Waals surface area contributed by atoms with Crippen molar-refractivity contribution in [3.8, 4) is 0 Å². The van der Waals surface area contributed by atoms with Gasteiger partial charge in [0, 0.05) is 6.54 Å². The van der Waals surface area contributed by atoms with Gasteiger partial charge in [0.25, 0.3) is 0 Å². The molecule has 0 aliphatic rings. The Kier molecular flexibility index (Phi) is 34.2. The third-order valence-corrected chi connectivity index (χ3v) is 9.37. The van der Waals surface area contributed by atoms with Crippen LogP contribution in [0.3, 0.4) is 0 Å². The predicted octanol–water partition coefficient (Wildman–Crippen LogP) is 12.5. The minimum Gasteiger partial charge on any atom is -0.375 e. The molecule has 3 nitrogen and oxygen atoms in total. The maximum Gasteiger partial charge on any atom is 0.128 e.